The summed E-state index contributed by atoms with van der Waals surface area (Å²) in [5, 5.41) is 0. The second-order valence-electron chi connectivity index (χ2n) is 4.84. The molecule has 0 radical (unpaired) electrons. The number of carbonyl (C=O) groups excluding carboxylic acids is 1. The predicted octanol–water partition coefficient (Wildman–Crippen LogP) is 1.52. The summed E-state index contributed by atoms with van der Waals surface area (Å²) in [4.78, 5) is 22.1. The third-order valence-corrected chi connectivity index (χ3v) is 3.28. The minimum Gasteiger partial charge on any atom is -0.467 e. The summed E-state index contributed by atoms with van der Waals surface area (Å²) in [5.74, 6) is -0.0440. The largest absolute Gasteiger partial charge is 0.467 e. The Morgan fingerprint density at radius 2 is 2.20 bits per heavy atom. The Morgan fingerprint density at radius 1 is 1.45 bits per heavy atom. The van der Waals surface area contributed by atoms with Gasteiger partial charge in [-0.15, -0.1) is 0 Å². The second kappa shape index (κ2) is 7.19. The Kier molecular flexibility index (Phi) is 5.29. The van der Waals surface area contributed by atoms with Crippen LogP contribution in [0.25, 0.3) is 0 Å². The van der Waals surface area contributed by atoms with Gasteiger partial charge in [0, 0.05) is 32.1 Å². The Labute approximate surface area is 119 Å². The molecule has 0 saturated carbocycles. The Morgan fingerprint density at radius 3 is 2.85 bits per heavy atom. The zero-order valence-electron chi connectivity index (χ0n) is 12.0. The minimum atomic E-state index is -0.0440. The molecule has 1 aromatic rings. The lowest BCUT2D eigenvalue weighted by Gasteiger charge is -2.32. The topological polar surface area (TPSA) is 64.5 Å². The van der Waals surface area contributed by atoms with Gasteiger partial charge in [-0.3, -0.25) is 4.79 Å². The molecule has 0 aromatic carbocycles. The molecule has 1 aliphatic rings. The summed E-state index contributed by atoms with van der Waals surface area (Å²) >= 11 is 0. The zero-order chi connectivity index (χ0) is 14.4. The number of carbonyl (C=O) groups is 1. The van der Waals surface area contributed by atoms with Gasteiger partial charge in [-0.2, -0.15) is 0 Å². The first kappa shape index (κ1) is 14.7. The third kappa shape index (κ3) is 3.66. The fraction of sp³-hybridized carbons (Fsp3) is 0.643. The van der Waals surface area contributed by atoms with E-state index in [9.17, 15) is 4.79 Å². The van der Waals surface area contributed by atoms with E-state index in [0.717, 1.165) is 32.4 Å². The van der Waals surface area contributed by atoms with Crippen molar-refractivity contribution in [1.82, 2.24) is 14.9 Å². The van der Waals surface area contributed by atoms with Crippen molar-refractivity contribution in [3.05, 3.63) is 18.0 Å². The van der Waals surface area contributed by atoms with Crippen molar-refractivity contribution >= 4 is 5.91 Å². The van der Waals surface area contributed by atoms with Crippen molar-refractivity contribution in [3.8, 4) is 6.01 Å². The summed E-state index contributed by atoms with van der Waals surface area (Å²) in [6.07, 6.45) is 6.14. The number of aromatic nitrogens is 2. The van der Waals surface area contributed by atoms with Crippen LogP contribution < -0.4 is 4.74 Å². The van der Waals surface area contributed by atoms with Gasteiger partial charge in [0.05, 0.1) is 18.8 Å². The smallest absolute Gasteiger partial charge is 0.316 e. The molecule has 2 rings (SSSR count). The summed E-state index contributed by atoms with van der Waals surface area (Å²) < 4.78 is 10.6. The highest BCUT2D eigenvalue weighted by Crippen LogP contribution is 2.16. The Hall–Kier alpha value is -1.69. The molecular weight excluding hydrogens is 258 g/mol. The van der Waals surface area contributed by atoms with E-state index in [-0.39, 0.29) is 18.0 Å². The highest BCUT2D eigenvalue weighted by Gasteiger charge is 2.25. The molecule has 1 atom stereocenters. The number of rotatable bonds is 5. The van der Waals surface area contributed by atoms with Crippen LogP contribution in [0, 0.1) is 0 Å². The average molecular weight is 279 g/mol. The van der Waals surface area contributed by atoms with Crippen molar-refractivity contribution < 1.29 is 14.3 Å². The molecule has 1 unspecified atom stereocenters. The maximum absolute atomic E-state index is 12.4. The van der Waals surface area contributed by atoms with Gasteiger partial charge in [-0.1, -0.05) is 6.92 Å². The number of amides is 1. The molecule has 20 heavy (non-hydrogen) atoms. The molecular formula is C14H21N3O3. The van der Waals surface area contributed by atoms with Crippen molar-refractivity contribution in [2.24, 2.45) is 0 Å². The van der Waals surface area contributed by atoms with Crippen LogP contribution in [-0.4, -0.2) is 53.7 Å². The van der Waals surface area contributed by atoms with E-state index in [0.29, 0.717) is 12.1 Å². The number of ether oxygens (including phenoxy) is 2. The third-order valence-electron chi connectivity index (χ3n) is 3.28. The molecule has 2 heterocycles. The number of methoxy groups -OCH3 is 1. The molecule has 1 saturated heterocycles. The molecule has 1 amide bonds. The van der Waals surface area contributed by atoms with Gasteiger partial charge in [-0.25, -0.2) is 9.97 Å². The molecule has 0 aliphatic carbocycles. The SMILES string of the molecule is CCCOC1CCCN(C(=O)c2cnc(OC)nc2)C1. The Balaban J connectivity index is 1.96. The molecule has 6 nitrogen and oxygen atoms in total. The highest BCUT2D eigenvalue weighted by molar-refractivity contribution is 5.93. The summed E-state index contributed by atoms with van der Waals surface area (Å²) in [6, 6.07) is 0.268. The van der Waals surface area contributed by atoms with Crippen molar-refractivity contribution in [2.75, 3.05) is 26.8 Å². The van der Waals surface area contributed by atoms with Crippen molar-refractivity contribution in [2.45, 2.75) is 32.3 Å². The van der Waals surface area contributed by atoms with Crippen molar-refractivity contribution in [3.63, 3.8) is 0 Å². The van der Waals surface area contributed by atoms with Gasteiger partial charge in [0.25, 0.3) is 5.91 Å². The Bertz CT molecular complexity index is 436. The number of likely N-dealkylation sites (tertiary alicyclic amines) is 1. The maximum Gasteiger partial charge on any atom is 0.316 e. The number of hydrogen-bond acceptors (Lipinski definition) is 5. The molecule has 1 aromatic heterocycles. The van der Waals surface area contributed by atoms with Crippen LogP contribution in [0.5, 0.6) is 6.01 Å². The molecule has 110 valence electrons. The van der Waals surface area contributed by atoms with E-state index in [1.807, 2.05) is 4.90 Å². The van der Waals surface area contributed by atoms with Crippen LogP contribution in [0.3, 0.4) is 0 Å². The molecule has 1 aliphatic heterocycles. The van der Waals surface area contributed by atoms with E-state index in [1.165, 1.54) is 19.5 Å². The number of piperidine rings is 1. The summed E-state index contributed by atoms with van der Waals surface area (Å²) in [7, 11) is 1.50. The highest BCUT2D eigenvalue weighted by atomic mass is 16.5. The van der Waals surface area contributed by atoms with Crippen LogP contribution >= 0.6 is 0 Å². The molecule has 1 fully saturated rings. The van der Waals surface area contributed by atoms with Gasteiger partial charge in [-0.05, 0) is 19.3 Å². The van der Waals surface area contributed by atoms with Crippen LogP contribution in [0.1, 0.15) is 36.5 Å². The minimum absolute atomic E-state index is 0.0440. The number of hydrogen-bond donors (Lipinski definition) is 0. The summed E-state index contributed by atoms with van der Waals surface area (Å²) in [6.45, 7) is 4.24. The second-order valence-corrected chi connectivity index (χ2v) is 4.84. The van der Waals surface area contributed by atoms with Gasteiger partial charge >= 0.3 is 6.01 Å². The fourth-order valence-electron chi connectivity index (χ4n) is 2.26. The van der Waals surface area contributed by atoms with Crippen LogP contribution in [-0.2, 0) is 4.74 Å². The van der Waals surface area contributed by atoms with E-state index in [1.54, 1.807) is 0 Å². The van der Waals surface area contributed by atoms with E-state index < -0.39 is 0 Å². The first-order chi connectivity index (χ1) is 9.74. The quantitative estimate of drug-likeness (QED) is 0.817. The van der Waals surface area contributed by atoms with Gasteiger partial charge < -0.3 is 14.4 Å². The van der Waals surface area contributed by atoms with Crippen LogP contribution in [0.4, 0.5) is 0 Å². The standard InChI is InChI=1S/C14H21N3O3/c1-3-7-20-12-5-4-6-17(10-12)13(18)11-8-15-14(19-2)16-9-11/h8-9,12H,3-7,10H2,1-2H3. The monoisotopic (exact) mass is 279 g/mol. The fourth-order valence-corrected chi connectivity index (χ4v) is 2.26. The van der Waals surface area contributed by atoms with Gasteiger partial charge in [0.2, 0.25) is 0 Å². The van der Waals surface area contributed by atoms with E-state index >= 15 is 0 Å². The molecule has 0 bridgehead atoms. The lowest BCUT2D eigenvalue weighted by atomic mass is 10.1. The first-order valence-electron chi connectivity index (χ1n) is 7.01. The van der Waals surface area contributed by atoms with Crippen LogP contribution in [0.2, 0.25) is 0 Å². The predicted molar refractivity (Wildman–Crippen MR) is 73.8 cm³/mol. The zero-order valence-corrected chi connectivity index (χ0v) is 12.0. The van der Waals surface area contributed by atoms with Gasteiger partial charge in [0.15, 0.2) is 0 Å². The first-order valence-corrected chi connectivity index (χ1v) is 7.01. The average Bonchev–Trinajstić information content (AvgIpc) is 2.52. The van der Waals surface area contributed by atoms with Crippen molar-refractivity contribution in [1.29, 1.82) is 0 Å². The summed E-state index contributed by atoms with van der Waals surface area (Å²) in [5.41, 5.74) is 0.488. The van der Waals surface area contributed by atoms with E-state index in [2.05, 4.69) is 16.9 Å². The maximum atomic E-state index is 12.4. The van der Waals surface area contributed by atoms with Gasteiger partial charge in [0.1, 0.15) is 0 Å². The lowest BCUT2D eigenvalue weighted by molar-refractivity contribution is 0.00208. The lowest BCUT2D eigenvalue weighted by Crippen LogP contribution is -2.43. The van der Waals surface area contributed by atoms with E-state index in [4.69, 9.17) is 9.47 Å². The molecule has 0 N–H and O–H groups in total. The normalized spacial score (nSPS) is 18.9. The number of nitrogens with zero attached hydrogens (tertiary/aromatic N) is 3. The molecule has 0 spiro atoms. The van der Waals surface area contributed by atoms with Crippen LogP contribution in [0.15, 0.2) is 12.4 Å². The molecule has 6 heteroatoms.